The smallest absolute Gasteiger partial charge is 0.305 e. The van der Waals surface area contributed by atoms with Crippen LogP contribution in [0.4, 0.5) is 32.2 Å². The number of benzene rings is 2. The highest BCUT2D eigenvalue weighted by Crippen LogP contribution is 2.35. The molecule has 12 heteroatoms. The first-order valence-electron chi connectivity index (χ1n) is 9.29. The number of carbonyl (C=O) groups excluding carboxylic acids is 1. The maximum Gasteiger partial charge on any atom is 0.434 e. The summed E-state index contributed by atoms with van der Waals surface area (Å²) in [6, 6.07) is 13.4. The Morgan fingerprint density at radius 1 is 0.848 bits per heavy atom. The fourth-order valence-electron chi connectivity index (χ4n) is 3.10. The van der Waals surface area contributed by atoms with Crippen molar-refractivity contribution >= 4 is 11.7 Å². The zero-order chi connectivity index (χ0) is 23.8. The van der Waals surface area contributed by atoms with E-state index < -0.39 is 40.8 Å². The molecule has 2 heterocycles. The summed E-state index contributed by atoms with van der Waals surface area (Å²) in [6.07, 6.45) is -7.70. The van der Waals surface area contributed by atoms with E-state index in [4.69, 9.17) is 0 Å². The van der Waals surface area contributed by atoms with Crippen LogP contribution < -0.4 is 5.32 Å². The zero-order valence-corrected chi connectivity index (χ0v) is 16.4. The molecule has 0 bridgehead atoms. The Hall–Kier alpha value is -4.09. The summed E-state index contributed by atoms with van der Waals surface area (Å²) in [5.41, 5.74) is -3.37. The average Bonchev–Trinajstić information content (AvgIpc) is 3.41. The summed E-state index contributed by atoms with van der Waals surface area (Å²) in [4.78, 5) is 12.6. The highest BCUT2D eigenvalue weighted by molar-refractivity contribution is 6.04. The lowest BCUT2D eigenvalue weighted by molar-refractivity contribution is -0.143. The third-order valence-electron chi connectivity index (χ3n) is 4.55. The van der Waals surface area contributed by atoms with Crippen molar-refractivity contribution in [1.82, 2.24) is 19.6 Å². The molecule has 0 spiro atoms. The van der Waals surface area contributed by atoms with Crippen molar-refractivity contribution < 1.29 is 31.1 Å². The molecule has 0 unspecified atom stereocenters. The Bertz CT molecular complexity index is 1290. The van der Waals surface area contributed by atoms with Crippen LogP contribution in [0.1, 0.15) is 21.6 Å². The van der Waals surface area contributed by atoms with Crippen LogP contribution in [-0.4, -0.2) is 25.5 Å². The van der Waals surface area contributed by atoms with Crippen molar-refractivity contribution in [3.63, 3.8) is 0 Å². The molecule has 0 saturated carbocycles. The minimum Gasteiger partial charge on any atom is -0.305 e. The number of aromatic nitrogens is 4. The molecule has 0 fully saturated rings. The van der Waals surface area contributed by atoms with Crippen molar-refractivity contribution in [3.8, 4) is 11.4 Å². The summed E-state index contributed by atoms with van der Waals surface area (Å²) in [5, 5.41) is 9.88. The van der Waals surface area contributed by atoms with Crippen molar-refractivity contribution in [2.24, 2.45) is 0 Å². The molecule has 4 aromatic rings. The van der Waals surface area contributed by atoms with E-state index in [2.05, 4.69) is 15.5 Å². The first kappa shape index (κ1) is 22.1. The summed E-state index contributed by atoms with van der Waals surface area (Å²) in [7, 11) is 0. The maximum absolute atomic E-state index is 13.8. The number of halogens is 6. The topological polar surface area (TPSA) is 64.7 Å². The van der Waals surface area contributed by atoms with Gasteiger partial charge in [-0.1, -0.05) is 24.3 Å². The molecule has 170 valence electrons. The van der Waals surface area contributed by atoms with Gasteiger partial charge in [0.2, 0.25) is 0 Å². The highest BCUT2D eigenvalue weighted by Gasteiger charge is 2.41. The number of nitrogens with one attached hydrogen (secondary N) is 1. The molecule has 33 heavy (non-hydrogen) atoms. The molecule has 1 N–H and O–H groups in total. The number of hydrogen-bond donors (Lipinski definition) is 1. The lowest BCUT2D eigenvalue weighted by atomic mass is 10.1. The number of rotatable bonds is 4. The number of amides is 1. The van der Waals surface area contributed by atoms with Crippen LogP contribution in [-0.2, 0) is 12.4 Å². The molecule has 0 aliphatic heterocycles. The Kier molecular flexibility index (Phi) is 5.44. The number of anilines is 1. The number of nitrogens with zero attached hydrogens (tertiary/aromatic N) is 4. The molecule has 1 amide bonds. The molecule has 6 nitrogen and oxygen atoms in total. The lowest BCUT2D eigenvalue weighted by Crippen LogP contribution is -2.21. The van der Waals surface area contributed by atoms with E-state index in [1.165, 1.54) is 16.9 Å². The van der Waals surface area contributed by atoms with Crippen LogP contribution in [0.3, 0.4) is 0 Å². The van der Waals surface area contributed by atoms with Crippen LogP contribution in [0.15, 0.2) is 73.1 Å². The number of carbonyl (C=O) groups is 1. The van der Waals surface area contributed by atoms with Gasteiger partial charge in [-0.15, -0.1) is 0 Å². The van der Waals surface area contributed by atoms with Crippen molar-refractivity contribution in [1.29, 1.82) is 0 Å². The van der Waals surface area contributed by atoms with Crippen LogP contribution in [0.25, 0.3) is 11.4 Å². The van der Waals surface area contributed by atoms with Gasteiger partial charge < -0.3 is 5.32 Å². The van der Waals surface area contributed by atoms with E-state index in [1.54, 1.807) is 30.3 Å². The van der Waals surface area contributed by atoms with Crippen molar-refractivity contribution in [2.75, 3.05) is 5.32 Å². The first-order valence-corrected chi connectivity index (χ1v) is 9.29. The van der Waals surface area contributed by atoms with Gasteiger partial charge in [0.25, 0.3) is 5.91 Å². The first-order chi connectivity index (χ1) is 15.5. The minimum atomic E-state index is -5.08. The summed E-state index contributed by atoms with van der Waals surface area (Å²) in [6.45, 7) is 0. The molecule has 0 aliphatic carbocycles. The maximum atomic E-state index is 13.8. The lowest BCUT2D eigenvalue weighted by Gasteiger charge is -2.14. The summed E-state index contributed by atoms with van der Waals surface area (Å²) < 4.78 is 82.1. The van der Waals surface area contributed by atoms with Crippen LogP contribution >= 0.6 is 0 Å². The van der Waals surface area contributed by atoms with Gasteiger partial charge in [0.05, 0.1) is 28.7 Å². The van der Waals surface area contributed by atoms with E-state index in [1.807, 2.05) is 0 Å². The minimum absolute atomic E-state index is 0.0243. The van der Waals surface area contributed by atoms with Gasteiger partial charge in [-0.3, -0.25) is 4.79 Å². The summed E-state index contributed by atoms with van der Waals surface area (Å²) >= 11 is 0. The Balaban J connectivity index is 1.67. The molecule has 0 atom stereocenters. The van der Waals surface area contributed by atoms with Crippen molar-refractivity contribution in [3.05, 3.63) is 89.9 Å². The normalized spacial score (nSPS) is 12.1. The van der Waals surface area contributed by atoms with Gasteiger partial charge in [-0.25, -0.2) is 9.36 Å². The molecule has 0 radical (unpaired) electrons. The second kappa shape index (κ2) is 8.11. The summed E-state index contributed by atoms with van der Waals surface area (Å²) in [5.74, 6) is -1.19. The largest absolute Gasteiger partial charge is 0.434 e. The predicted octanol–water partition coefficient (Wildman–Crippen LogP) is 5.35. The van der Waals surface area contributed by atoms with E-state index in [9.17, 15) is 31.1 Å². The fourth-order valence-corrected chi connectivity index (χ4v) is 3.10. The Morgan fingerprint density at radius 3 is 2.21 bits per heavy atom. The van der Waals surface area contributed by atoms with Gasteiger partial charge in [0, 0.05) is 12.3 Å². The molecular formula is C21H13F6N5O. The third kappa shape index (κ3) is 4.59. The molecule has 2 aromatic heterocycles. The molecule has 0 saturated heterocycles. The number of hydrogen-bond acceptors (Lipinski definition) is 3. The molecule has 0 aliphatic rings. The second-order valence-electron chi connectivity index (χ2n) is 6.80. The molecular weight excluding hydrogens is 452 g/mol. The second-order valence-corrected chi connectivity index (χ2v) is 6.80. The standard InChI is InChI=1S/C21H13F6N5O/c22-20(23,24)13-5-4-8-15(11-13)32-18(21(25,26)27)16(12-28-32)19(33)29-17-9-10-31(30-17)14-6-2-1-3-7-14/h1-12H,(H,29,30,33). The van der Waals surface area contributed by atoms with Crippen LogP contribution in [0.5, 0.6) is 0 Å². The van der Waals surface area contributed by atoms with E-state index in [-0.39, 0.29) is 10.5 Å². The molecule has 4 rings (SSSR count). The van der Waals surface area contributed by atoms with E-state index in [0.717, 1.165) is 18.2 Å². The van der Waals surface area contributed by atoms with Gasteiger partial charge >= 0.3 is 12.4 Å². The predicted molar refractivity (Wildman–Crippen MR) is 105 cm³/mol. The van der Waals surface area contributed by atoms with E-state index in [0.29, 0.717) is 18.0 Å². The number of alkyl halides is 6. The van der Waals surface area contributed by atoms with Gasteiger partial charge in [0.15, 0.2) is 11.5 Å². The van der Waals surface area contributed by atoms with Gasteiger partial charge in [-0.2, -0.15) is 36.5 Å². The third-order valence-corrected chi connectivity index (χ3v) is 4.55. The quantitative estimate of drug-likeness (QED) is 0.414. The Labute approximate surface area is 182 Å². The number of para-hydroxylation sites is 1. The van der Waals surface area contributed by atoms with Gasteiger partial charge in [-0.05, 0) is 30.3 Å². The van der Waals surface area contributed by atoms with Gasteiger partial charge in [0.1, 0.15) is 0 Å². The van der Waals surface area contributed by atoms with Crippen LogP contribution in [0.2, 0.25) is 0 Å². The monoisotopic (exact) mass is 465 g/mol. The average molecular weight is 465 g/mol. The Morgan fingerprint density at radius 2 is 1.55 bits per heavy atom. The SMILES string of the molecule is O=C(Nc1ccn(-c2ccccc2)n1)c1cnn(-c2cccc(C(F)(F)F)c2)c1C(F)(F)F. The fraction of sp³-hybridized carbons (Fsp3) is 0.0952. The highest BCUT2D eigenvalue weighted by atomic mass is 19.4. The molecule has 2 aromatic carbocycles. The zero-order valence-electron chi connectivity index (χ0n) is 16.4. The van der Waals surface area contributed by atoms with Crippen molar-refractivity contribution in [2.45, 2.75) is 12.4 Å². The van der Waals surface area contributed by atoms with E-state index >= 15 is 0 Å². The van der Waals surface area contributed by atoms with Crippen LogP contribution in [0, 0.1) is 0 Å².